The van der Waals surface area contributed by atoms with Gasteiger partial charge in [0.05, 0.1) is 37.6 Å². The number of methoxy groups -OCH3 is 2. The van der Waals surface area contributed by atoms with Crippen LogP contribution in [0.15, 0.2) is 0 Å². The van der Waals surface area contributed by atoms with Gasteiger partial charge < -0.3 is 133 Å². The summed E-state index contributed by atoms with van der Waals surface area (Å²) in [5, 5.41) is 153. The minimum absolute atomic E-state index is 0.0756. The van der Waals surface area contributed by atoms with Gasteiger partial charge in [-0.05, 0) is 25.7 Å². The highest BCUT2D eigenvalue weighted by molar-refractivity contribution is 4.99. The van der Waals surface area contributed by atoms with Crippen LogP contribution in [0.5, 0.6) is 0 Å². The second-order valence-corrected chi connectivity index (χ2v) is 18.1. The van der Waals surface area contributed by atoms with E-state index in [0.717, 1.165) is 0 Å². The molecule has 6 rings (SSSR count). The summed E-state index contributed by atoms with van der Waals surface area (Å²) in [6.45, 7) is 5.35. The topological polar surface area (TPSA) is 403 Å². The average molecular weight is 1010 g/mol. The van der Waals surface area contributed by atoms with Gasteiger partial charge in [0.2, 0.25) is 0 Å². The first-order valence-corrected chi connectivity index (χ1v) is 23.5. The molecular formula is C42H74O27. The molecule has 6 heterocycles. The van der Waals surface area contributed by atoms with Crippen LogP contribution in [-0.2, 0) is 61.6 Å². The van der Waals surface area contributed by atoms with E-state index < -0.39 is 197 Å². The summed E-state index contributed by atoms with van der Waals surface area (Å²) in [7, 11) is 2.53. The number of aliphatic hydroxyl groups is 14. The van der Waals surface area contributed by atoms with Gasteiger partial charge in [0.15, 0.2) is 37.7 Å². The average Bonchev–Trinajstić information content (AvgIpc) is 3.34. The first kappa shape index (κ1) is 57.2. The summed E-state index contributed by atoms with van der Waals surface area (Å²) in [4.78, 5) is 0. The second kappa shape index (κ2) is 25.0. The molecule has 30 atom stereocenters. The van der Waals surface area contributed by atoms with E-state index in [1.807, 2.05) is 0 Å². The SMILES string of the molecule is CCC1OC(OCC2OC(OC)C(O)C(O)C2OC2OC(CC)C(OC3OC(CC)C(OC4OC(CO)C(OC5OC(CC)C(OC)C(O)C5O)C(O)C4O)C(O)C3O)C(O)C2O)C(O)C(O)C1O. The van der Waals surface area contributed by atoms with Crippen molar-refractivity contribution < 1.29 is 133 Å². The largest absolute Gasteiger partial charge is 0.394 e. The van der Waals surface area contributed by atoms with Crippen LogP contribution in [0.3, 0.4) is 0 Å². The van der Waals surface area contributed by atoms with Gasteiger partial charge in [0, 0.05) is 14.2 Å². The molecule has 6 saturated heterocycles. The Labute approximate surface area is 397 Å². The highest BCUT2D eigenvalue weighted by atomic mass is 16.8. The second-order valence-electron chi connectivity index (χ2n) is 18.1. The summed E-state index contributed by atoms with van der Waals surface area (Å²) in [5.74, 6) is 0. The number of rotatable bonds is 18. The van der Waals surface area contributed by atoms with Crippen LogP contribution in [0.2, 0.25) is 0 Å². The van der Waals surface area contributed by atoms with Gasteiger partial charge in [0.1, 0.15) is 122 Å². The van der Waals surface area contributed by atoms with Gasteiger partial charge in [-0.1, -0.05) is 27.7 Å². The third-order valence-corrected chi connectivity index (χ3v) is 13.8. The van der Waals surface area contributed by atoms with E-state index in [2.05, 4.69) is 0 Å². The third kappa shape index (κ3) is 11.9. The molecule has 30 unspecified atom stereocenters. The maximum absolute atomic E-state index is 11.5. The Morgan fingerprint density at radius 2 is 0.609 bits per heavy atom. The Bertz CT molecular complexity index is 1530. The standard InChI is InChI=1S/C42H74O27/c1-7-13-19(44)20(45)26(51)38(60-13)59-12-18-36(22(47)27(52)37(58-6)65-18)69-41-30(55)24(49)33(15(9-3)63-41)66-40-29(54)23(48)34(16(10-4)62-40)67-42-31(56)25(50)35(17(11-43)64-42)68-39-28(53)21(46)32(57-5)14(8-2)61-39/h13-56H,7-12H2,1-6H3. The normalized spacial score (nSPS) is 52.2. The summed E-state index contributed by atoms with van der Waals surface area (Å²) < 4.78 is 74.9. The molecule has 14 N–H and O–H groups in total. The lowest BCUT2D eigenvalue weighted by Crippen LogP contribution is -2.67. The molecule has 0 amide bonds. The molecule has 69 heavy (non-hydrogen) atoms. The Kier molecular flexibility index (Phi) is 20.7. The molecule has 27 heteroatoms. The predicted molar refractivity (Wildman–Crippen MR) is 222 cm³/mol. The maximum atomic E-state index is 11.5. The maximum Gasteiger partial charge on any atom is 0.187 e. The van der Waals surface area contributed by atoms with Gasteiger partial charge in [-0.15, -0.1) is 0 Å². The lowest BCUT2D eigenvalue weighted by atomic mass is 9.94. The Morgan fingerprint density at radius 1 is 0.304 bits per heavy atom. The molecule has 27 nitrogen and oxygen atoms in total. The van der Waals surface area contributed by atoms with E-state index in [-0.39, 0.29) is 19.3 Å². The third-order valence-electron chi connectivity index (χ3n) is 13.8. The van der Waals surface area contributed by atoms with Gasteiger partial charge in [-0.3, -0.25) is 0 Å². The number of hydrogen-bond donors (Lipinski definition) is 14. The van der Waals surface area contributed by atoms with Crippen LogP contribution in [0.4, 0.5) is 0 Å². The zero-order chi connectivity index (χ0) is 50.8. The van der Waals surface area contributed by atoms with E-state index in [4.69, 9.17) is 61.6 Å². The first-order valence-electron chi connectivity index (χ1n) is 23.5. The van der Waals surface area contributed by atoms with E-state index >= 15 is 0 Å². The molecule has 0 aromatic heterocycles. The fourth-order valence-corrected chi connectivity index (χ4v) is 9.60. The van der Waals surface area contributed by atoms with Gasteiger partial charge in [0.25, 0.3) is 0 Å². The van der Waals surface area contributed by atoms with Crippen LogP contribution in [-0.4, -0.2) is 283 Å². The van der Waals surface area contributed by atoms with Crippen LogP contribution < -0.4 is 0 Å². The molecular weight excluding hydrogens is 936 g/mol. The van der Waals surface area contributed by atoms with Crippen molar-refractivity contribution in [1.82, 2.24) is 0 Å². The fraction of sp³-hybridized carbons (Fsp3) is 1.00. The number of hydrogen-bond acceptors (Lipinski definition) is 27. The van der Waals surface area contributed by atoms with E-state index in [0.29, 0.717) is 6.42 Å². The molecule has 0 bridgehead atoms. The van der Waals surface area contributed by atoms with Crippen LogP contribution in [0.25, 0.3) is 0 Å². The predicted octanol–water partition coefficient (Wildman–Crippen LogP) is -7.12. The molecule has 404 valence electrons. The molecule has 0 spiro atoms. The zero-order valence-electron chi connectivity index (χ0n) is 39.1. The molecule has 0 saturated carbocycles. The molecule has 6 aliphatic rings. The van der Waals surface area contributed by atoms with E-state index in [1.54, 1.807) is 27.7 Å². The summed E-state index contributed by atoms with van der Waals surface area (Å²) in [6, 6.07) is 0. The van der Waals surface area contributed by atoms with Crippen LogP contribution in [0, 0.1) is 0 Å². The van der Waals surface area contributed by atoms with Crippen molar-refractivity contribution in [3.8, 4) is 0 Å². The summed E-state index contributed by atoms with van der Waals surface area (Å²) in [6.07, 6.45) is -45.2. The zero-order valence-corrected chi connectivity index (χ0v) is 39.1. The minimum Gasteiger partial charge on any atom is -0.394 e. The number of ether oxygens (including phenoxy) is 13. The van der Waals surface area contributed by atoms with Crippen molar-refractivity contribution in [1.29, 1.82) is 0 Å². The van der Waals surface area contributed by atoms with Crippen molar-refractivity contribution in [2.75, 3.05) is 27.4 Å². The lowest BCUT2D eigenvalue weighted by Gasteiger charge is -2.50. The first-order chi connectivity index (χ1) is 32.8. The van der Waals surface area contributed by atoms with Crippen molar-refractivity contribution >= 4 is 0 Å². The quantitative estimate of drug-likeness (QED) is 0.0607. The Hall–Kier alpha value is -1.08. The van der Waals surface area contributed by atoms with Crippen molar-refractivity contribution in [2.24, 2.45) is 0 Å². The van der Waals surface area contributed by atoms with Gasteiger partial charge in [-0.2, -0.15) is 0 Å². The molecule has 0 aliphatic carbocycles. The highest BCUT2D eigenvalue weighted by Crippen LogP contribution is 2.37. The van der Waals surface area contributed by atoms with E-state index in [9.17, 15) is 71.5 Å². The molecule has 0 aromatic rings. The van der Waals surface area contributed by atoms with Crippen LogP contribution in [0.1, 0.15) is 53.4 Å². The van der Waals surface area contributed by atoms with Crippen molar-refractivity contribution in [2.45, 2.75) is 238 Å². The summed E-state index contributed by atoms with van der Waals surface area (Å²) >= 11 is 0. The molecule has 0 aromatic carbocycles. The van der Waals surface area contributed by atoms with E-state index in [1.165, 1.54) is 14.2 Å². The Balaban J connectivity index is 1.09. The van der Waals surface area contributed by atoms with Crippen molar-refractivity contribution in [3.05, 3.63) is 0 Å². The molecule has 6 fully saturated rings. The van der Waals surface area contributed by atoms with Gasteiger partial charge in [-0.25, -0.2) is 0 Å². The number of aliphatic hydroxyl groups excluding tert-OH is 14. The molecule has 0 radical (unpaired) electrons. The van der Waals surface area contributed by atoms with Crippen LogP contribution >= 0.6 is 0 Å². The molecule has 6 aliphatic heterocycles. The highest BCUT2D eigenvalue weighted by Gasteiger charge is 2.57. The smallest absolute Gasteiger partial charge is 0.187 e. The fourth-order valence-electron chi connectivity index (χ4n) is 9.60. The minimum atomic E-state index is -1.95. The Morgan fingerprint density at radius 3 is 0.986 bits per heavy atom. The van der Waals surface area contributed by atoms with Gasteiger partial charge >= 0.3 is 0 Å². The monoisotopic (exact) mass is 1010 g/mol. The lowest BCUT2D eigenvalue weighted by molar-refractivity contribution is -0.392. The summed E-state index contributed by atoms with van der Waals surface area (Å²) in [5.41, 5.74) is 0. The van der Waals surface area contributed by atoms with Crippen molar-refractivity contribution in [3.63, 3.8) is 0 Å².